The zero-order valence-electron chi connectivity index (χ0n) is 8.47. The van der Waals surface area contributed by atoms with Gasteiger partial charge in [0.05, 0.1) is 0 Å². The summed E-state index contributed by atoms with van der Waals surface area (Å²) < 4.78 is 0. The maximum atomic E-state index is 4.06. The van der Waals surface area contributed by atoms with E-state index < -0.39 is 0 Å². The third-order valence-electron chi connectivity index (χ3n) is 1.94. The van der Waals surface area contributed by atoms with Gasteiger partial charge in [0, 0.05) is 18.9 Å². The third-order valence-corrected chi connectivity index (χ3v) is 2.74. The lowest BCUT2D eigenvalue weighted by Gasteiger charge is -2.01. The van der Waals surface area contributed by atoms with Gasteiger partial charge in [0.25, 0.3) is 0 Å². The first-order valence-electron chi connectivity index (χ1n) is 4.77. The molecular formula is C10H12N4S. The van der Waals surface area contributed by atoms with Crippen molar-refractivity contribution < 1.29 is 0 Å². The Kier molecular flexibility index (Phi) is 3.24. The zero-order chi connectivity index (χ0) is 10.5. The van der Waals surface area contributed by atoms with Crippen LogP contribution in [0.3, 0.4) is 0 Å². The lowest BCUT2D eigenvalue weighted by atomic mass is 10.2. The second kappa shape index (κ2) is 4.84. The van der Waals surface area contributed by atoms with Gasteiger partial charge in [0.2, 0.25) is 5.13 Å². The highest BCUT2D eigenvalue weighted by atomic mass is 32.1. The Morgan fingerprint density at radius 1 is 1.40 bits per heavy atom. The molecule has 2 aromatic rings. The molecule has 0 saturated carbocycles. The van der Waals surface area contributed by atoms with Crippen molar-refractivity contribution >= 4 is 16.5 Å². The molecule has 0 aliphatic heterocycles. The Bertz CT molecular complexity index is 412. The van der Waals surface area contributed by atoms with Crippen molar-refractivity contribution in [2.24, 2.45) is 0 Å². The Morgan fingerprint density at radius 2 is 2.33 bits per heavy atom. The average Bonchev–Trinajstić information content (AvgIpc) is 2.66. The van der Waals surface area contributed by atoms with Crippen LogP contribution in [0.5, 0.6) is 0 Å². The highest BCUT2D eigenvalue weighted by molar-refractivity contribution is 7.15. The average molecular weight is 220 g/mol. The molecule has 0 atom stereocenters. The summed E-state index contributed by atoms with van der Waals surface area (Å²) in [5, 5.41) is 13.0. The van der Waals surface area contributed by atoms with Gasteiger partial charge in [-0.2, -0.15) is 0 Å². The van der Waals surface area contributed by atoms with E-state index in [1.54, 1.807) is 17.5 Å². The van der Waals surface area contributed by atoms with Gasteiger partial charge in [-0.25, -0.2) is 0 Å². The van der Waals surface area contributed by atoms with Gasteiger partial charge in [-0.05, 0) is 25.0 Å². The first kappa shape index (κ1) is 10.0. The lowest BCUT2D eigenvalue weighted by Crippen LogP contribution is -2.04. The molecule has 0 saturated heterocycles. The fourth-order valence-corrected chi connectivity index (χ4v) is 1.85. The summed E-state index contributed by atoms with van der Waals surface area (Å²) in [6.07, 6.45) is 4.62. The molecule has 0 aliphatic carbocycles. The topological polar surface area (TPSA) is 50.7 Å². The van der Waals surface area contributed by atoms with Crippen LogP contribution in [0.1, 0.15) is 10.6 Å². The molecule has 2 heterocycles. The van der Waals surface area contributed by atoms with Crippen LogP contribution >= 0.6 is 11.3 Å². The Balaban J connectivity index is 1.80. The first-order chi connectivity index (χ1) is 7.34. The number of nitrogens with one attached hydrogen (secondary N) is 1. The number of nitrogens with zero attached hydrogens (tertiary/aromatic N) is 3. The Morgan fingerprint density at radius 3 is 3.00 bits per heavy atom. The van der Waals surface area contributed by atoms with Crippen molar-refractivity contribution in [3.8, 4) is 0 Å². The minimum absolute atomic E-state index is 0.861. The molecule has 5 heteroatoms. The molecule has 0 aliphatic rings. The van der Waals surface area contributed by atoms with Crippen LogP contribution in [-0.4, -0.2) is 21.7 Å². The summed E-state index contributed by atoms with van der Waals surface area (Å²) in [5.74, 6) is 0. The molecule has 2 rings (SSSR count). The summed E-state index contributed by atoms with van der Waals surface area (Å²) in [5.41, 5.74) is 1.23. The molecule has 0 fully saturated rings. The van der Waals surface area contributed by atoms with E-state index in [1.807, 2.05) is 19.2 Å². The largest absolute Gasteiger partial charge is 0.360 e. The summed E-state index contributed by atoms with van der Waals surface area (Å²) in [6.45, 7) is 2.81. The number of aryl methyl sites for hydroxylation is 1. The van der Waals surface area contributed by atoms with Crippen molar-refractivity contribution in [1.29, 1.82) is 0 Å². The number of pyridine rings is 1. The van der Waals surface area contributed by atoms with Crippen LogP contribution in [0.2, 0.25) is 0 Å². The van der Waals surface area contributed by atoms with Crippen LogP contribution in [-0.2, 0) is 6.42 Å². The number of aromatic nitrogens is 3. The smallest absolute Gasteiger partial charge is 0.205 e. The van der Waals surface area contributed by atoms with E-state index in [2.05, 4.69) is 26.6 Å². The van der Waals surface area contributed by atoms with Gasteiger partial charge in [0.15, 0.2) is 0 Å². The lowest BCUT2D eigenvalue weighted by molar-refractivity contribution is 0.978. The van der Waals surface area contributed by atoms with E-state index in [-0.39, 0.29) is 0 Å². The predicted molar refractivity (Wildman–Crippen MR) is 61.1 cm³/mol. The van der Waals surface area contributed by atoms with Gasteiger partial charge < -0.3 is 5.32 Å². The molecule has 0 radical (unpaired) electrons. The maximum absolute atomic E-state index is 4.06. The zero-order valence-corrected chi connectivity index (χ0v) is 9.29. The number of anilines is 1. The quantitative estimate of drug-likeness (QED) is 0.855. The van der Waals surface area contributed by atoms with E-state index >= 15 is 0 Å². The van der Waals surface area contributed by atoms with E-state index in [0.29, 0.717) is 0 Å². The third kappa shape index (κ3) is 2.99. The fourth-order valence-electron chi connectivity index (χ4n) is 1.23. The van der Waals surface area contributed by atoms with E-state index in [9.17, 15) is 0 Å². The van der Waals surface area contributed by atoms with Gasteiger partial charge in [0.1, 0.15) is 5.01 Å². The van der Waals surface area contributed by atoms with Crippen LogP contribution < -0.4 is 5.32 Å². The number of hydrogen-bond donors (Lipinski definition) is 1. The Hall–Kier alpha value is -1.49. The summed E-state index contributed by atoms with van der Waals surface area (Å²) in [6, 6.07) is 4.02. The van der Waals surface area contributed by atoms with Crippen LogP contribution in [0.4, 0.5) is 5.13 Å². The molecule has 4 nitrogen and oxygen atoms in total. The molecule has 0 amide bonds. The van der Waals surface area contributed by atoms with Crippen LogP contribution in [0.25, 0.3) is 0 Å². The minimum Gasteiger partial charge on any atom is -0.360 e. The van der Waals surface area contributed by atoms with Crippen molar-refractivity contribution in [2.45, 2.75) is 13.3 Å². The molecule has 78 valence electrons. The molecule has 0 bridgehead atoms. The van der Waals surface area contributed by atoms with E-state index in [1.165, 1.54) is 5.56 Å². The standard InChI is InChI=1S/C10H12N4S/c1-8-13-14-10(15-8)12-6-4-9-3-2-5-11-7-9/h2-3,5,7H,4,6H2,1H3,(H,12,14). The maximum Gasteiger partial charge on any atom is 0.205 e. The molecule has 0 spiro atoms. The molecule has 0 unspecified atom stereocenters. The number of hydrogen-bond acceptors (Lipinski definition) is 5. The van der Waals surface area contributed by atoms with Crippen molar-refractivity contribution in [3.05, 3.63) is 35.1 Å². The van der Waals surface area contributed by atoms with Crippen molar-refractivity contribution in [2.75, 3.05) is 11.9 Å². The Labute approximate surface area is 92.4 Å². The minimum atomic E-state index is 0.861. The molecule has 15 heavy (non-hydrogen) atoms. The predicted octanol–water partition coefficient (Wildman–Crippen LogP) is 1.90. The summed E-state index contributed by atoms with van der Waals surface area (Å²) >= 11 is 1.57. The van der Waals surface area contributed by atoms with Crippen LogP contribution in [0, 0.1) is 6.92 Å². The highest BCUT2D eigenvalue weighted by Gasteiger charge is 1.98. The molecule has 0 aromatic carbocycles. The monoisotopic (exact) mass is 220 g/mol. The van der Waals surface area contributed by atoms with Crippen molar-refractivity contribution in [3.63, 3.8) is 0 Å². The molecular weight excluding hydrogens is 208 g/mol. The molecule has 1 N–H and O–H groups in total. The van der Waals surface area contributed by atoms with Gasteiger partial charge in [-0.15, -0.1) is 10.2 Å². The fraction of sp³-hybridized carbons (Fsp3) is 0.300. The van der Waals surface area contributed by atoms with Crippen molar-refractivity contribution in [1.82, 2.24) is 15.2 Å². The number of rotatable bonds is 4. The summed E-state index contributed by atoms with van der Waals surface area (Å²) in [7, 11) is 0. The highest BCUT2D eigenvalue weighted by Crippen LogP contribution is 2.13. The van der Waals surface area contributed by atoms with Gasteiger partial charge >= 0.3 is 0 Å². The normalized spacial score (nSPS) is 10.2. The van der Waals surface area contributed by atoms with E-state index in [4.69, 9.17) is 0 Å². The second-order valence-corrected chi connectivity index (χ2v) is 4.35. The van der Waals surface area contributed by atoms with Crippen LogP contribution in [0.15, 0.2) is 24.5 Å². The SMILES string of the molecule is Cc1nnc(NCCc2cccnc2)s1. The first-order valence-corrected chi connectivity index (χ1v) is 5.59. The van der Waals surface area contributed by atoms with Gasteiger partial charge in [-0.1, -0.05) is 17.4 Å². The van der Waals surface area contributed by atoms with Gasteiger partial charge in [-0.3, -0.25) is 4.98 Å². The molecule has 2 aromatic heterocycles. The second-order valence-electron chi connectivity index (χ2n) is 3.16. The summed E-state index contributed by atoms with van der Waals surface area (Å²) in [4.78, 5) is 4.06. The van der Waals surface area contributed by atoms with E-state index in [0.717, 1.165) is 23.1 Å².